The summed E-state index contributed by atoms with van der Waals surface area (Å²) in [7, 11) is 0. The zero-order chi connectivity index (χ0) is 13.8. The molecule has 1 aliphatic rings. The van der Waals surface area contributed by atoms with Crippen molar-refractivity contribution in [2.45, 2.75) is 12.5 Å². The van der Waals surface area contributed by atoms with Crippen molar-refractivity contribution in [3.05, 3.63) is 28.5 Å². The molecule has 7 heteroatoms. The van der Waals surface area contributed by atoms with Gasteiger partial charge in [0, 0.05) is 17.2 Å². The van der Waals surface area contributed by atoms with Crippen LogP contribution in [0.25, 0.3) is 0 Å². The van der Waals surface area contributed by atoms with Crippen molar-refractivity contribution in [3.63, 3.8) is 0 Å². The molecule has 1 aromatic heterocycles. The minimum Gasteiger partial charge on any atom is -0.481 e. The molecule has 1 fully saturated rings. The summed E-state index contributed by atoms with van der Waals surface area (Å²) in [5.74, 6) is -1.21. The molecule has 1 N–H and O–H groups in total. The predicted molar refractivity (Wildman–Crippen MR) is 69.8 cm³/mol. The molecule has 1 amide bonds. The third-order valence-corrected chi connectivity index (χ3v) is 3.31. The molecule has 0 radical (unpaired) electrons. The Morgan fingerprint density at radius 1 is 1.53 bits per heavy atom. The summed E-state index contributed by atoms with van der Waals surface area (Å²) in [6, 6.07) is 2.90. The summed E-state index contributed by atoms with van der Waals surface area (Å²) in [6.45, 7) is 1.04. The zero-order valence-corrected chi connectivity index (χ0v) is 11.7. The molecule has 1 atom stereocenters. The Morgan fingerprint density at radius 2 is 2.32 bits per heavy atom. The molecule has 0 spiro atoms. The number of hydrogen-bond donors (Lipinski definition) is 1. The zero-order valence-electron chi connectivity index (χ0n) is 10.1. The third-order valence-electron chi connectivity index (χ3n) is 2.85. The van der Waals surface area contributed by atoms with E-state index in [-0.39, 0.29) is 18.9 Å². The van der Waals surface area contributed by atoms with E-state index in [1.54, 1.807) is 18.3 Å². The second kappa shape index (κ2) is 6.12. The second-order valence-electron chi connectivity index (χ2n) is 4.19. The number of halogens is 1. The van der Waals surface area contributed by atoms with Crippen LogP contribution in [-0.4, -0.2) is 52.7 Å². The van der Waals surface area contributed by atoms with Gasteiger partial charge in [0.05, 0.1) is 25.7 Å². The van der Waals surface area contributed by atoms with Gasteiger partial charge in [-0.2, -0.15) is 0 Å². The average Bonchev–Trinajstić information content (AvgIpc) is 2.39. The molecule has 102 valence electrons. The van der Waals surface area contributed by atoms with Crippen LogP contribution in [0.3, 0.4) is 0 Å². The first-order valence-electron chi connectivity index (χ1n) is 5.80. The second-order valence-corrected chi connectivity index (χ2v) is 5.10. The average molecular weight is 329 g/mol. The third kappa shape index (κ3) is 3.51. The van der Waals surface area contributed by atoms with Crippen molar-refractivity contribution in [2.24, 2.45) is 0 Å². The molecule has 1 unspecified atom stereocenters. The minimum absolute atomic E-state index is 0.123. The highest BCUT2D eigenvalue weighted by Crippen LogP contribution is 2.15. The van der Waals surface area contributed by atoms with Gasteiger partial charge in [0.2, 0.25) is 0 Å². The molecular weight excluding hydrogens is 316 g/mol. The van der Waals surface area contributed by atoms with Crippen LogP contribution in [0, 0.1) is 0 Å². The molecule has 0 bridgehead atoms. The molecule has 1 aliphatic heterocycles. The smallest absolute Gasteiger partial charge is 0.305 e. The van der Waals surface area contributed by atoms with Crippen LogP contribution in [-0.2, 0) is 9.53 Å². The van der Waals surface area contributed by atoms with Crippen LogP contribution in [0.15, 0.2) is 22.8 Å². The topological polar surface area (TPSA) is 79.7 Å². The molecule has 2 heterocycles. The van der Waals surface area contributed by atoms with Gasteiger partial charge in [-0.05, 0) is 28.1 Å². The normalized spacial score (nSPS) is 19.2. The number of nitrogens with zero attached hydrogens (tertiary/aromatic N) is 2. The molecule has 0 aliphatic carbocycles. The van der Waals surface area contributed by atoms with Gasteiger partial charge in [0.15, 0.2) is 0 Å². The van der Waals surface area contributed by atoms with Gasteiger partial charge in [0.1, 0.15) is 5.69 Å². The molecule has 1 saturated heterocycles. The molecule has 0 aromatic carbocycles. The first-order valence-corrected chi connectivity index (χ1v) is 6.59. The van der Waals surface area contributed by atoms with E-state index in [0.29, 0.717) is 18.8 Å². The number of aliphatic carboxylic acids is 1. The molecule has 6 nitrogen and oxygen atoms in total. The van der Waals surface area contributed by atoms with E-state index in [9.17, 15) is 9.59 Å². The molecule has 0 saturated carbocycles. The quantitative estimate of drug-likeness (QED) is 0.900. The van der Waals surface area contributed by atoms with Gasteiger partial charge in [-0.25, -0.2) is 4.98 Å². The summed E-state index contributed by atoms with van der Waals surface area (Å²) in [5, 5.41) is 8.86. The van der Waals surface area contributed by atoms with Gasteiger partial charge in [0.25, 0.3) is 5.91 Å². The van der Waals surface area contributed by atoms with Gasteiger partial charge < -0.3 is 14.7 Å². The highest BCUT2D eigenvalue weighted by atomic mass is 79.9. The van der Waals surface area contributed by atoms with Gasteiger partial charge in [-0.15, -0.1) is 0 Å². The SMILES string of the molecule is O=C(O)CC1COCCN1C(=O)c1ccc(Br)cn1. The van der Waals surface area contributed by atoms with Crippen molar-refractivity contribution in [2.75, 3.05) is 19.8 Å². The summed E-state index contributed by atoms with van der Waals surface area (Å²) in [5.41, 5.74) is 0.306. The lowest BCUT2D eigenvalue weighted by Gasteiger charge is -2.34. The number of carboxylic acid groups (broad SMARTS) is 1. The van der Waals surface area contributed by atoms with Crippen molar-refractivity contribution in [1.82, 2.24) is 9.88 Å². The fraction of sp³-hybridized carbons (Fsp3) is 0.417. The van der Waals surface area contributed by atoms with Crippen LogP contribution in [0.1, 0.15) is 16.9 Å². The maximum Gasteiger partial charge on any atom is 0.305 e. The van der Waals surface area contributed by atoms with E-state index < -0.39 is 12.0 Å². The van der Waals surface area contributed by atoms with Crippen LogP contribution in [0.2, 0.25) is 0 Å². The number of carbonyl (C=O) groups is 2. The lowest BCUT2D eigenvalue weighted by atomic mass is 10.1. The largest absolute Gasteiger partial charge is 0.481 e. The van der Waals surface area contributed by atoms with Crippen LogP contribution in [0.5, 0.6) is 0 Å². The Kier molecular flexibility index (Phi) is 4.49. The first-order chi connectivity index (χ1) is 9.08. The lowest BCUT2D eigenvalue weighted by Crippen LogP contribution is -2.49. The number of ether oxygens (including phenoxy) is 1. The number of carbonyl (C=O) groups excluding carboxylic acids is 1. The Morgan fingerprint density at radius 3 is 2.95 bits per heavy atom. The van der Waals surface area contributed by atoms with Gasteiger partial charge in [-0.1, -0.05) is 0 Å². The molecule has 1 aromatic rings. The Labute approximate surface area is 118 Å². The maximum absolute atomic E-state index is 12.3. The van der Waals surface area contributed by atoms with Crippen LogP contribution < -0.4 is 0 Å². The number of amides is 1. The summed E-state index contributed by atoms with van der Waals surface area (Å²) >= 11 is 3.25. The highest BCUT2D eigenvalue weighted by molar-refractivity contribution is 9.10. The van der Waals surface area contributed by atoms with E-state index in [2.05, 4.69) is 20.9 Å². The van der Waals surface area contributed by atoms with Gasteiger partial charge >= 0.3 is 5.97 Å². The van der Waals surface area contributed by atoms with Crippen molar-refractivity contribution in [1.29, 1.82) is 0 Å². The molecule has 2 rings (SSSR count). The first kappa shape index (κ1) is 14.0. The summed E-state index contributed by atoms with van der Waals surface area (Å²) in [4.78, 5) is 28.7. The Bertz CT molecular complexity index is 477. The van der Waals surface area contributed by atoms with Gasteiger partial charge in [-0.3, -0.25) is 9.59 Å². The predicted octanol–water partition coefficient (Wildman–Crippen LogP) is 1.16. The summed E-state index contributed by atoms with van der Waals surface area (Å²) in [6.07, 6.45) is 1.42. The Balaban J connectivity index is 2.15. The standard InChI is InChI=1S/C12H13BrN2O4/c13-8-1-2-10(14-6-8)12(18)15-3-4-19-7-9(15)5-11(16)17/h1-2,6,9H,3-5,7H2,(H,16,17). The number of morpholine rings is 1. The summed E-state index contributed by atoms with van der Waals surface area (Å²) < 4.78 is 6.02. The monoisotopic (exact) mass is 328 g/mol. The minimum atomic E-state index is -0.947. The maximum atomic E-state index is 12.3. The molecule has 19 heavy (non-hydrogen) atoms. The fourth-order valence-electron chi connectivity index (χ4n) is 1.94. The fourth-order valence-corrected chi connectivity index (χ4v) is 2.18. The number of carboxylic acids is 1. The van der Waals surface area contributed by atoms with E-state index in [1.807, 2.05) is 0 Å². The lowest BCUT2D eigenvalue weighted by molar-refractivity contribution is -0.139. The van der Waals surface area contributed by atoms with E-state index in [0.717, 1.165) is 4.47 Å². The van der Waals surface area contributed by atoms with E-state index in [1.165, 1.54) is 4.90 Å². The van der Waals surface area contributed by atoms with E-state index in [4.69, 9.17) is 9.84 Å². The van der Waals surface area contributed by atoms with E-state index >= 15 is 0 Å². The number of pyridine rings is 1. The van der Waals surface area contributed by atoms with Crippen molar-refractivity contribution in [3.8, 4) is 0 Å². The number of rotatable bonds is 3. The van der Waals surface area contributed by atoms with Crippen molar-refractivity contribution < 1.29 is 19.4 Å². The van der Waals surface area contributed by atoms with Crippen LogP contribution in [0.4, 0.5) is 0 Å². The highest BCUT2D eigenvalue weighted by Gasteiger charge is 2.30. The molecular formula is C12H13BrN2O4. The van der Waals surface area contributed by atoms with Crippen LogP contribution >= 0.6 is 15.9 Å². The number of hydrogen-bond acceptors (Lipinski definition) is 4. The Hall–Kier alpha value is -1.47. The number of aromatic nitrogens is 1. The van der Waals surface area contributed by atoms with Crippen molar-refractivity contribution >= 4 is 27.8 Å².